The Hall–Kier alpha value is -1.18. The van der Waals surface area contributed by atoms with Gasteiger partial charge < -0.3 is 24.4 Å². The van der Waals surface area contributed by atoms with Crippen LogP contribution in [-0.2, 0) is 23.8 Å². The van der Waals surface area contributed by atoms with Crippen molar-refractivity contribution in [3.63, 3.8) is 0 Å². The van der Waals surface area contributed by atoms with Crippen LogP contribution >= 0.6 is 0 Å². The van der Waals surface area contributed by atoms with E-state index in [0.29, 0.717) is 0 Å². The number of hydrogen-bond donors (Lipinski definition) is 2. The fourth-order valence-corrected chi connectivity index (χ4v) is 1.88. The lowest BCUT2D eigenvalue weighted by Crippen LogP contribution is -2.34. The molecule has 0 radical (unpaired) electrons. The lowest BCUT2D eigenvalue weighted by molar-refractivity contribution is -0.158. The molecular formula is C9H12O7. The maximum absolute atomic E-state index is 11.1. The molecule has 0 saturated carbocycles. The molecule has 2 heterocycles. The average molecular weight is 232 g/mol. The van der Waals surface area contributed by atoms with Gasteiger partial charge in [-0.1, -0.05) is 0 Å². The van der Waals surface area contributed by atoms with Crippen molar-refractivity contribution in [3.05, 3.63) is 0 Å². The molecule has 2 aliphatic rings. The standard InChI is InChI=1S/C9H12O7/c10-4-2-14-9-5(3-15-8(4)9)16-7(13)1-6(11)12/h4-5,8-10H,1-3H2,(H,11,12)/t4-,5+,8+,9+/m0/s1. The predicted molar refractivity (Wildman–Crippen MR) is 47.6 cm³/mol. The van der Waals surface area contributed by atoms with E-state index in [9.17, 15) is 14.7 Å². The first-order valence-electron chi connectivity index (χ1n) is 4.90. The number of aliphatic hydroxyl groups is 1. The van der Waals surface area contributed by atoms with E-state index in [1.165, 1.54) is 0 Å². The summed E-state index contributed by atoms with van der Waals surface area (Å²) in [5.41, 5.74) is 0. The Morgan fingerprint density at radius 3 is 2.62 bits per heavy atom. The van der Waals surface area contributed by atoms with Gasteiger partial charge in [-0.2, -0.15) is 0 Å². The molecule has 2 aliphatic heterocycles. The van der Waals surface area contributed by atoms with E-state index in [0.717, 1.165) is 0 Å². The SMILES string of the molecule is O=C(O)CC(=O)O[C@@H]1CO[C@H]2[C@@H]1OC[C@@H]2O. The number of carboxylic acids is 1. The van der Waals surface area contributed by atoms with E-state index >= 15 is 0 Å². The zero-order chi connectivity index (χ0) is 11.7. The second-order valence-corrected chi connectivity index (χ2v) is 3.76. The Labute approximate surface area is 90.9 Å². The molecule has 0 aromatic carbocycles. The summed E-state index contributed by atoms with van der Waals surface area (Å²) in [6.07, 6.45) is -3.01. The number of aliphatic carboxylic acids is 1. The highest BCUT2D eigenvalue weighted by molar-refractivity contribution is 5.90. The number of carbonyl (C=O) groups excluding carboxylic acids is 1. The molecule has 2 saturated heterocycles. The normalized spacial score (nSPS) is 37.1. The molecule has 2 N–H and O–H groups in total. The molecule has 7 heteroatoms. The zero-order valence-electron chi connectivity index (χ0n) is 8.37. The summed E-state index contributed by atoms with van der Waals surface area (Å²) in [4.78, 5) is 21.4. The predicted octanol–water partition coefficient (Wildman–Crippen LogP) is -1.47. The number of esters is 1. The molecule has 7 nitrogen and oxygen atoms in total. The molecule has 16 heavy (non-hydrogen) atoms. The van der Waals surface area contributed by atoms with Crippen LogP contribution in [0.25, 0.3) is 0 Å². The highest BCUT2D eigenvalue weighted by Gasteiger charge is 2.48. The van der Waals surface area contributed by atoms with Crippen LogP contribution in [0.2, 0.25) is 0 Å². The summed E-state index contributed by atoms with van der Waals surface area (Å²) >= 11 is 0. The molecule has 0 aromatic rings. The summed E-state index contributed by atoms with van der Waals surface area (Å²) in [5.74, 6) is -2.07. The number of hydrogen-bond acceptors (Lipinski definition) is 6. The van der Waals surface area contributed by atoms with Crippen molar-refractivity contribution in [1.82, 2.24) is 0 Å². The molecule has 2 rings (SSSR count). The Bertz CT molecular complexity index is 302. The molecule has 0 amide bonds. The third-order valence-electron chi connectivity index (χ3n) is 2.56. The molecule has 0 aromatic heterocycles. The van der Waals surface area contributed by atoms with Crippen molar-refractivity contribution in [2.45, 2.75) is 30.8 Å². The van der Waals surface area contributed by atoms with Gasteiger partial charge in [0, 0.05) is 0 Å². The molecule has 0 aliphatic carbocycles. The third kappa shape index (κ3) is 2.16. The van der Waals surface area contributed by atoms with Gasteiger partial charge in [0.05, 0.1) is 13.2 Å². The van der Waals surface area contributed by atoms with E-state index in [4.69, 9.17) is 19.3 Å². The highest BCUT2D eigenvalue weighted by atomic mass is 16.6. The van der Waals surface area contributed by atoms with Crippen LogP contribution < -0.4 is 0 Å². The number of ether oxygens (including phenoxy) is 3. The molecule has 0 unspecified atom stereocenters. The van der Waals surface area contributed by atoms with Crippen LogP contribution in [0.4, 0.5) is 0 Å². The van der Waals surface area contributed by atoms with Crippen LogP contribution in [0, 0.1) is 0 Å². The number of rotatable bonds is 3. The average Bonchev–Trinajstić information content (AvgIpc) is 2.70. The summed E-state index contributed by atoms with van der Waals surface area (Å²) in [5, 5.41) is 17.8. The maximum Gasteiger partial charge on any atom is 0.317 e. The second-order valence-electron chi connectivity index (χ2n) is 3.76. The minimum absolute atomic E-state index is 0.123. The first-order valence-corrected chi connectivity index (χ1v) is 4.90. The van der Waals surface area contributed by atoms with E-state index in [1.807, 2.05) is 0 Å². The quantitative estimate of drug-likeness (QED) is 0.452. The summed E-state index contributed by atoms with van der Waals surface area (Å²) in [6, 6.07) is 0. The zero-order valence-corrected chi connectivity index (χ0v) is 8.37. The Kier molecular flexibility index (Phi) is 3.08. The van der Waals surface area contributed by atoms with Crippen molar-refractivity contribution in [2.24, 2.45) is 0 Å². The lowest BCUT2D eigenvalue weighted by atomic mass is 10.1. The first kappa shape index (κ1) is 11.3. The Balaban J connectivity index is 1.87. The molecule has 90 valence electrons. The Morgan fingerprint density at radius 1 is 1.25 bits per heavy atom. The Morgan fingerprint density at radius 2 is 1.94 bits per heavy atom. The van der Waals surface area contributed by atoms with E-state index in [2.05, 4.69) is 0 Å². The van der Waals surface area contributed by atoms with Crippen molar-refractivity contribution in [3.8, 4) is 0 Å². The van der Waals surface area contributed by atoms with E-state index in [-0.39, 0.29) is 13.2 Å². The van der Waals surface area contributed by atoms with Crippen molar-refractivity contribution in [1.29, 1.82) is 0 Å². The first-order chi connectivity index (χ1) is 7.58. The number of carboxylic acid groups (broad SMARTS) is 1. The summed E-state index contributed by atoms with van der Waals surface area (Å²) < 4.78 is 15.3. The van der Waals surface area contributed by atoms with Crippen LogP contribution in [0.3, 0.4) is 0 Å². The van der Waals surface area contributed by atoms with Crippen LogP contribution in [-0.4, -0.2) is 59.8 Å². The van der Waals surface area contributed by atoms with Gasteiger partial charge in [-0.25, -0.2) is 0 Å². The lowest BCUT2D eigenvalue weighted by Gasteiger charge is -2.15. The summed E-state index contributed by atoms with van der Waals surface area (Å²) in [7, 11) is 0. The molecule has 0 spiro atoms. The van der Waals surface area contributed by atoms with Gasteiger partial charge in [-0.15, -0.1) is 0 Å². The van der Waals surface area contributed by atoms with Gasteiger partial charge in [-0.05, 0) is 0 Å². The highest BCUT2D eigenvalue weighted by Crippen LogP contribution is 2.28. The number of aliphatic hydroxyl groups excluding tert-OH is 1. The van der Waals surface area contributed by atoms with E-state index in [1.54, 1.807) is 0 Å². The van der Waals surface area contributed by atoms with Gasteiger partial charge in [0.2, 0.25) is 0 Å². The number of fused-ring (bicyclic) bond motifs is 1. The topological polar surface area (TPSA) is 102 Å². The largest absolute Gasteiger partial charge is 0.481 e. The van der Waals surface area contributed by atoms with Gasteiger partial charge in [0.15, 0.2) is 6.10 Å². The molecular weight excluding hydrogens is 220 g/mol. The van der Waals surface area contributed by atoms with Gasteiger partial charge in [0.25, 0.3) is 0 Å². The van der Waals surface area contributed by atoms with Crippen molar-refractivity contribution < 1.29 is 34.0 Å². The van der Waals surface area contributed by atoms with Crippen LogP contribution in [0.1, 0.15) is 6.42 Å². The van der Waals surface area contributed by atoms with Gasteiger partial charge in [-0.3, -0.25) is 9.59 Å². The molecule has 2 fully saturated rings. The minimum Gasteiger partial charge on any atom is -0.481 e. The van der Waals surface area contributed by atoms with Gasteiger partial charge >= 0.3 is 11.9 Å². The third-order valence-corrected chi connectivity index (χ3v) is 2.56. The van der Waals surface area contributed by atoms with E-state index < -0.39 is 42.8 Å². The fourth-order valence-electron chi connectivity index (χ4n) is 1.88. The number of carbonyl (C=O) groups is 2. The maximum atomic E-state index is 11.1. The van der Waals surface area contributed by atoms with Crippen molar-refractivity contribution in [2.75, 3.05) is 13.2 Å². The second kappa shape index (κ2) is 4.36. The minimum atomic E-state index is -1.24. The molecule has 0 bridgehead atoms. The van der Waals surface area contributed by atoms with Crippen LogP contribution in [0.15, 0.2) is 0 Å². The monoisotopic (exact) mass is 232 g/mol. The molecule has 4 atom stereocenters. The summed E-state index contributed by atoms with van der Waals surface area (Å²) in [6.45, 7) is 0.264. The van der Waals surface area contributed by atoms with Gasteiger partial charge in [0.1, 0.15) is 24.7 Å². The fraction of sp³-hybridized carbons (Fsp3) is 0.778. The van der Waals surface area contributed by atoms with Crippen molar-refractivity contribution >= 4 is 11.9 Å². The van der Waals surface area contributed by atoms with Crippen LogP contribution in [0.5, 0.6) is 0 Å². The smallest absolute Gasteiger partial charge is 0.317 e.